The van der Waals surface area contributed by atoms with Crippen LogP contribution >= 0.6 is 11.3 Å². The van der Waals surface area contributed by atoms with E-state index in [0.717, 1.165) is 60.9 Å². The number of rotatable bonds is 6. The summed E-state index contributed by atoms with van der Waals surface area (Å²) in [6, 6.07) is 79.5. The lowest BCUT2D eigenvalue weighted by Crippen LogP contribution is -2.01. The third-order valence-corrected chi connectivity index (χ3v) is 15.2. The molecule has 0 atom stereocenters. The summed E-state index contributed by atoms with van der Waals surface area (Å²) in [6.07, 6.45) is 0. The van der Waals surface area contributed by atoms with E-state index in [2.05, 4.69) is 203 Å². The van der Waals surface area contributed by atoms with Gasteiger partial charge in [-0.2, -0.15) is 0 Å². The summed E-state index contributed by atoms with van der Waals surface area (Å²) in [5.74, 6) is 1.77. The Morgan fingerprint density at radius 2 is 0.914 bits per heavy atom. The molecule has 70 heavy (non-hydrogen) atoms. The van der Waals surface area contributed by atoms with Crippen LogP contribution < -0.4 is 0 Å². The van der Waals surface area contributed by atoms with Gasteiger partial charge in [0.05, 0.1) is 32.5 Å². The second-order valence-electron chi connectivity index (χ2n) is 17.9. The molecule has 0 aliphatic carbocycles. The molecule has 0 N–H and O–H groups in total. The molecule has 5 aromatic heterocycles. The van der Waals surface area contributed by atoms with Gasteiger partial charge in [0.15, 0.2) is 17.5 Å². The Balaban J connectivity index is 0.924. The highest BCUT2D eigenvalue weighted by Gasteiger charge is 2.22. The lowest BCUT2D eigenvalue weighted by atomic mass is 9.96. The lowest BCUT2D eigenvalue weighted by Gasteiger charge is -2.13. The predicted molar refractivity (Wildman–Crippen MR) is 290 cm³/mol. The van der Waals surface area contributed by atoms with Crippen LogP contribution in [0, 0.1) is 0 Å². The average molecular weight is 912 g/mol. The molecule has 0 radical (unpaired) electrons. The Kier molecular flexibility index (Phi) is 8.43. The molecule has 0 saturated carbocycles. The summed E-state index contributed by atoms with van der Waals surface area (Å²) in [5.41, 5.74) is 13.4. The van der Waals surface area contributed by atoms with E-state index >= 15 is 0 Å². The number of nitrogens with zero attached hydrogens (tertiary/aromatic N) is 5. The molecular weight excluding hydrogens is 875 g/mol. The highest BCUT2D eigenvalue weighted by Crippen LogP contribution is 2.47. The maximum Gasteiger partial charge on any atom is 0.164 e. The Morgan fingerprint density at radius 3 is 1.61 bits per heavy atom. The van der Waals surface area contributed by atoms with Gasteiger partial charge in [-0.25, -0.2) is 15.0 Å². The third-order valence-electron chi connectivity index (χ3n) is 14.0. The molecule has 15 rings (SSSR count). The quantitative estimate of drug-likeness (QED) is 0.167. The van der Waals surface area contributed by atoms with E-state index in [1.807, 2.05) is 41.7 Å². The molecule has 10 aromatic carbocycles. The number of thiophene rings is 1. The molecule has 0 aliphatic heterocycles. The van der Waals surface area contributed by atoms with Crippen molar-refractivity contribution in [2.75, 3.05) is 0 Å². The standard InChI is InChI=1S/C63H37N5OS/c1-2-16-38(17-3-1)61-64-62(40-18-14-19-41(36-40)67-50-26-9-4-20-43(50)44-21-5-10-27-51(44)67)66-63(65-61)48-25-15-30-56-58(48)49-37-39(32-35-55(49)69-56)42-33-34-54(60-59(42)47-24-8-13-31-57(47)70-60)68-52-28-11-6-22-45(52)46-23-7-12-29-53(46)68/h1-37H. The predicted octanol–water partition coefficient (Wildman–Crippen LogP) is 17.0. The molecule has 0 bridgehead atoms. The fourth-order valence-electron chi connectivity index (χ4n) is 10.9. The minimum atomic E-state index is 0.576. The third kappa shape index (κ3) is 5.82. The Bertz CT molecular complexity index is 4510. The van der Waals surface area contributed by atoms with Crippen molar-refractivity contribution in [1.82, 2.24) is 24.1 Å². The van der Waals surface area contributed by atoms with E-state index in [-0.39, 0.29) is 0 Å². The largest absolute Gasteiger partial charge is 0.456 e. The topological polar surface area (TPSA) is 61.7 Å². The number of aromatic nitrogens is 5. The Labute approximate surface area is 404 Å². The van der Waals surface area contributed by atoms with Crippen molar-refractivity contribution in [1.29, 1.82) is 0 Å². The summed E-state index contributed by atoms with van der Waals surface area (Å²) >= 11 is 1.86. The van der Waals surface area contributed by atoms with Gasteiger partial charge in [0.1, 0.15) is 11.2 Å². The van der Waals surface area contributed by atoms with Crippen molar-refractivity contribution < 1.29 is 4.42 Å². The number of fused-ring (bicyclic) bond motifs is 12. The van der Waals surface area contributed by atoms with Crippen LogP contribution in [0.15, 0.2) is 229 Å². The van der Waals surface area contributed by atoms with Crippen molar-refractivity contribution in [3.8, 4) is 56.7 Å². The molecule has 0 aliphatic rings. The van der Waals surface area contributed by atoms with Crippen molar-refractivity contribution >= 4 is 97.1 Å². The summed E-state index contributed by atoms with van der Waals surface area (Å²) in [6.45, 7) is 0. The normalized spacial score (nSPS) is 12.0. The van der Waals surface area contributed by atoms with E-state index < -0.39 is 0 Å². The van der Waals surface area contributed by atoms with Gasteiger partial charge in [-0.1, -0.05) is 158 Å². The summed E-state index contributed by atoms with van der Waals surface area (Å²) in [4.78, 5) is 15.8. The van der Waals surface area contributed by atoms with Gasteiger partial charge in [-0.3, -0.25) is 0 Å². The number of furan rings is 1. The number of hydrogen-bond donors (Lipinski definition) is 0. The molecule has 0 fully saturated rings. The molecule has 0 spiro atoms. The maximum absolute atomic E-state index is 6.68. The molecule has 0 saturated heterocycles. The fraction of sp³-hybridized carbons (Fsp3) is 0. The first-order chi connectivity index (χ1) is 34.7. The van der Waals surface area contributed by atoms with Gasteiger partial charge in [-0.05, 0) is 77.9 Å². The summed E-state index contributed by atoms with van der Waals surface area (Å²) < 4.78 is 14.0. The first kappa shape index (κ1) is 38.9. The zero-order valence-electron chi connectivity index (χ0n) is 37.4. The first-order valence-corrected chi connectivity index (χ1v) is 24.3. The van der Waals surface area contributed by atoms with E-state index in [1.54, 1.807) is 0 Å². The van der Waals surface area contributed by atoms with Crippen molar-refractivity contribution in [3.05, 3.63) is 224 Å². The monoisotopic (exact) mass is 911 g/mol. The van der Waals surface area contributed by atoms with Crippen molar-refractivity contribution in [2.45, 2.75) is 0 Å². The van der Waals surface area contributed by atoms with Crippen LogP contribution in [0.1, 0.15) is 0 Å². The van der Waals surface area contributed by atoms with Gasteiger partial charge in [0.2, 0.25) is 0 Å². The maximum atomic E-state index is 6.68. The average Bonchev–Trinajstić information content (AvgIpc) is 4.19. The minimum Gasteiger partial charge on any atom is -0.456 e. The van der Waals surface area contributed by atoms with Crippen LogP contribution in [0.5, 0.6) is 0 Å². The van der Waals surface area contributed by atoms with Crippen LogP contribution in [0.3, 0.4) is 0 Å². The number of para-hydroxylation sites is 4. The van der Waals surface area contributed by atoms with Crippen LogP contribution in [-0.2, 0) is 0 Å². The van der Waals surface area contributed by atoms with Crippen LogP contribution in [0.4, 0.5) is 0 Å². The lowest BCUT2D eigenvalue weighted by molar-refractivity contribution is 0.669. The van der Waals surface area contributed by atoms with Gasteiger partial charge < -0.3 is 13.6 Å². The molecule has 6 nitrogen and oxygen atoms in total. The second kappa shape index (κ2) is 15.2. The SMILES string of the molecule is c1ccc(-c2nc(-c3cccc(-n4c5ccccc5c5ccccc54)c3)nc(-c3cccc4oc5ccc(-c6ccc(-n7c8ccccc8c8ccccc87)c7sc8ccccc8c67)cc5c34)n2)cc1. The summed E-state index contributed by atoms with van der Waals surface area (Å²) in [5, 5.41) is 9.37. The van der Waals surface area contributed by atoms with Gasteiger partial charge in [0, 0.05) is 70.2 Å². The van der Waals surface area contributed by atoms with Crippen molar-refractivity contribution in [2.24, 2.45) is 0 Å². The number of hydrogen-bond acceptors (Lipinski definition) is 5. The van der Waals surface area contributed by atoms with Crippen molar-refractivity contribution in [3.63, 3.8) is 0 Å². The molecule has 15 aromatic rings. The van der Waals surface area contributed by atoms with E-state index in [9.17, 15) is 0 Å². The first-order valence-electron chi connectivity index (χ1n) is 23.5. The van der Waals surface area contributed by atoms with Crippen LogP contribution in [0.25, 0.3) is 142 Å². The molecule has 0 unspecified atom stereocenters. The van der Waals surface area contributed by atoms with E-state index in [0.29, 0.717) is 17.5 Å². The summed E-state index contributed by atoms with van der Waals surface area (Å²) in [7, 11) is 0. The van der Waals surface area contributed by atoms with E-state index in [4.69, 9.17) is 19.4 Å². The smallest absolute Gasteiger partial charge is 0.164 e. The highest BCUT2D eigenvalue weighted by molar-refractivity contribution is 7.26. The number of benzene rings is 10. The van der Waals surface area contributed by atoms with Gasteiger partial charge >= 0.3 is 0 Å². The Morgan fingerprint density at radius 1 is 0.343 bits per heavy atom. The molecule has 0 amide bonds. The second-order valence-corrected chi connectivity index (χ2v) is 18.9. The van der Waals surface area contributed by atoms with Gasteiger partial charge in [-0.15, -0.1) is 11.3 Å². The molecule has 326 valence electrons. The molecule has 5 heterocycles. The highest BCUT2D eigenvalue weighted by atomic mass is 32.1. The van der Waals surface area contributed by atoms with Crippen LogP contribution in [0.2, 0.25) is 0 Å². The zero-order chi connectivity index (χ0) is 45.9. The minimum absolute atomic E-state index is 0.576. The molecular formula is C63H37N5OS. The Hall–Kier alpha value is -9.17. The van der Waals surface area contributed by atoms with E-state index in [1.165, 1.54) is 64.0 Å². The fourth-order valence-corrected chi connectivity index (χ4v) is 12.2. The van der Waals surface area contributed by atoms with Crippen LogP contribution in [-0.4, -0.2) is 24.1 Å². The van der Waals surface area contributed by atoms with Gasteiger partial charge in [0.25, 0.3) is 0 Å². The molecule has 7 heteroatoms. The zero-order valence-corrected chi connectivity index (χ0v) is 38.2.